The van der Waals surface area contributed by atoms with Crippen molar-refractivity contribution >= 4 is 11.8 Å². The first-order chi connectivity index (χ1) is 8.20. The quantitative estimate of drug-likeness (QED) is 0.410. The second-order valence-corrected chi connectivity index (χ2v) is 3.64. The van der Waals surface area contributed by atoms with Crippen molar-refractivity contribution in [1.82, 2.24) is 10.3 Å². The molecule has 1 aliphatic heterocycles. The third-order valence-electron chi connectivity index (χ3n) is 2.48. The maximum absolute atomic E-state index is 11.5. The number of hydrogen-bond donors (Lipinski definition) is 2. The average Bonchev–Trinajstić information content (AvgIpc) is 2.80. The van der Waals surface area contributed by atoms with Crippen molar-refractivity contribution in [3.8, 4) is 0 Å². The number of nitrogen functional groups attached to an aromatic ring is 1. The van der Waals surface area contributed by atoms with E-state index in [9.17, 15) is 9.59 Å². The molecule has 0 aromatic carbocycles. The summed E-state index contributed by atoms with van der Waals surface area (Å²) in [7, 11) is 0. The molecule has 1 aliphatic rings. The topological polar surface area (TPSA) is 97.8 Å². The van der Waals surface area contributed by atoms with Crippen LogP contribution in [-0.2, 0) is 16.1 Å². The predicted octanol–water partition coefficient (Wildman–Crippen LogP) is -0.758. The van der Waals surface area contributed by atoms with Crippen LogP contribution in [0.2, 0.25) is 0 Å². The van der Waals surface area contributed by atoms with E-state index < -0.39 is 5.91 Å². The van der Waals surface area contributed by atoms with Crippen LogP contribution >= 0.6 is 0 Å². The summed E-state index contributed by atoms with van der Waals surface area (Å²) in [6.07, 6.45) is 1.31. The van der Waals surface area contributed by atoms with Gasteiger partial charge in [0.1, 0.15) is 18.6 Å². The zero-order valence-corrected chi connectivity index (χ0v) is 9.14. The van der Waals surface area contributed by atoms with Crippen LogP contribution in [-0.4, -0.2) is 36.5 Å². The minimum atomic E-state index is -0.423. The molecule has 0 spiro atoms. The van der Waals surface area contributed by atoms with E-state index >= 15 is 0 Å². The number of nitrogens with two attached hydrogens (primary N) is 1. The number of nitrogens with zero attached hydrogens (tertiary/aromatic N) is 1. The molecular formula is C10H13N3O4. The molecule has 0 unspecified atom stereocenters. The van der Waals surface area contributed by atoms with Gasteiger partial charge < -0.3 is 14.1 Å². The number of carbonyl (C=O) groups excluding carboxylic acids is 2. The number of hydrogen-bond acceptors (Lipinski definition) is 5. The number of amides is 2. The van der Waals surface area contributed by atoms with Gasteiger partial charge in [-0.15, -0.1) is 0 Å². The van der Waals surface area contributed by atoms with Crippen LogP contribution in [0.3, 0.4) is 0 Å². The molecule has 7 heteroatoms. The van der Waals surface area contributed by atoms with Crippen LogP contribution in [0.4, 0.5) is 0 Å². The van der Waals surface area contributed by atoms with Gasteiger partial charge in [0.15, 0.2) is 0 Å². The molecule has 0 radical (unpaired) electrons. The number of ether oxygens (including phenoxy) is 1. The zero-order valence-electron chi connectivity index (χ0n) is 9.14. The second kappa shape index (κ2) is 4.98. The van der Waals surface area contributed by atoms with Crippen LogP contribution in [0.25, 0.3) is 0 Å². The molecule has 0 atom stereocenters. The molecule has 1 saturated heterocycles. The summed E-state index contributed by atoms with van der Waals surface area (Å²) < 4.78 is 10.2. The van der Waals surface area contributed by atoms with Gasteiger partial charge in [0.2, 0.25) is 5.91 Å². The Morgan fingerprint density at radius 1 is 1.59 bits per heavy atom. The van der Waals surface area contributed by atoms with E-state index in [0.717, 1.165) is 0 Å². The Kier molecular flexibility index (Phi) is 3.40. The highest BCUT2D eigenvalue weighted by atomic mass is 16.5. The maximum Gasteiger partial charge on any atom is 0.268 e. The predicted molar refractivity (Wildman–Crippen MR) is 56.6 cm³/mol. The molecule has 2 heterocycles. The van der Waals surface area contributed by atoms with Gasteiger partial charge in [-0.1, -0.05) is 0 Å². The monoisotopic (exact) mass is 239 g/mol. The van der Waals surface area contributed by atoms with Crippen molar-refractivity contribution in [2.45, 2.75) is 6.54 Å². The summed E-state index contributed by atoms with van der Waals surface area (Å²) in [4.78, 5) is 24.3. The van der Waals surface area contributed by atoms with Crippen molar-refractivity contribution in [2.24, 2.45) is 5.84 Å². The van der Waals surface area contributed by atoms with Crippen molar-refractivity contribution < 1.29 is 18.7 Å². The van der Waals surface area contributed by atoms with Crippen molar-refractivity contribution in [2.75, 3.05) is 19.8 Å². The lowest BCUT2D eigenvalue weighted by molar-refractivity contribution is -0.143. The highest BCUT2D eigenvalue weighted by Gasteiger charge is 2.20. The van der Waals surface area contributed by atoms with Crippen molar-refractivity contribution in [3.05, 3.63) is 23.7 Å². The molecule has 1 aromatic heterocycles. The average molecular weight is 239 g/mol. The zero-order chi connectivity index (χ0) is 12.3. The van der Waals surface area contributed by atoms with E-state index in [0.29, 0.717) is 31.0 Å². The van der Waals surface area contributed by atoms with Gasteiger partial charge in [0, 0.05) is 6.54 Å². The van der Waals surface area contributed by atoms with E-state index in [2.05, 4.69) is 0 Å². The Balaban J connectivity index is 2.01. The SMILES string of the molecule is NNC(=O)c1coc(CN2CCOCC2=O)c1. The van der Waals surface area contributed by atoms with Crippen LogP contribution in [0.1, 0.15) is 16.1 Å². The molecule has 17 heavy (non-hydrogen) atoms. The molecule has 1 aromatic rings. The summed E-state index contributed by atoms with van der Waals surface area (Å²) >= 11 is 0. The Bertz CT molecular complexity index is 429. The minimum Gasteiger partial charge on any atom is -0.467 e. The van der Waals surface area contributed by atoms with Gasteiger partial charge in [-0.2, -0.15) is 0 Å². The third kappa shape index (κ3) is 2.63. The Morgan fingerprint density at radius 3 is 3.12 bits per heavy atom. The van der Waals surface area contributed by atoms with Crippen LogP contribution < -0.4 is 11.3 Å². The molecular weight excluding hydrogens is 226 g/mol. The first-order valence-electron chi connectivity index (χ1n) is 5.14. The molecule has 3 N–H and O–H groups in total. The maximum atomic E-state index is 11.5. The molecule has 0 bridgehead atoms. The fraction of sp³-hybridized carbons (Fsp3) is 0.400. The molecule has 2 amide bonds. The number of hydrazine groups is 1. The molecule has 0 saturated carbocycles. The first kappa shape index (κ1) is 11.6. The number of nitrogens with one attached hydrogen (secondary N) is 1. The van der Waals surface area contributed by atoms with E-state index in [1.165, 1.54) is 6.26 Å². The smallest absolute Gasteiger partial charge is 0.268 e. The van der Waals surface area contributed by atoms with Gasteiger partial charge in [-0.25, -0.2) is 5.84 Å². The van der Waals surface area contributed by atoms with E-state index in [4.69, 9.17) is 15.0 Å². The Morgan fingerprint density at radius 2 is 2.41 bits per heavy atom. The molecule has 7 nitrogen and oxygen atoms in total. The van der Waals surface area contributed by atoms with Crippen LogP contribution in [0.15, 0.2) is 16.7 Å². The van der Waals surface area contributed by atoms with Crippen LogP contribution in [0.5, 0.6) is 0 Å². The summed E-state index contributed by atoms with van der Waals surface area (Å²) in [5, 5.41) is 0. The molecule has 1 fully saturated rings. The normalized spacial score (nSPS) is 16.1. The van der Waals surface area contributed by atoms with Crippen molar-refractivity contribution in [1.29, 1.82) is 0 Å². The van der Waals surface area contributed by atoms with Gasteiger partial charge in [0.25, 0.3) is 5.91 Å². The first-order valence-corrected chi connectivity index (χ1v) is 5.14. The van der Waals surface area contributed by atoms with Gasteiger partial charge in [0.05, 0.1) is 18.7 Å². The molecule has 92 valence electrons. The number of carbonyl (C=O) groups is 2. The van der Waals surface area contributed by atoms with E-state index in [-0.39, 0.29) is 12.5 Å². The molecule has 0 aliphatic carbocycles. The lowest BCUT2D eigenvalue weighted by atomic mass is 10.3. The van der Waals surface area contributed by atoms with Gasteiger partial charge in [-0.3, -0.25) is 15.0 Å². The highest BCUT2D eigenvalue weighted by Crippen LogP contribution is 2.12. The highest BCUT2D eigenvalue weighted by molar-refractivity contribution is 5.93. The lowest BCUT2D eigenvalue weighted by Crippen LogP contribution is -2.40. The summed E-state index contributed by atoms with van der Waals surface area (Å²) in [6.45, 7) is 1.47. The fourth-order valence-corrected chi connectivity index (χ4v) is 1.57. The standard InChI is InChI=1S/C10H13N3O4/c11-12-10(15)7-3-8(17-5-7)4-13-1-2-16-6-9(13)14/h3,5H,1-2,4,6,11H2,(H,12,15). The van der Waals surface area contributed by atoms with Crippen LogP contribution in [0, 0.1) is 0 Å². The van der Waals surface area contributed by atoms with E-state index in [1.54, 1.807) is 11.0 Å². The van der Waals surface area contributed by atoms with Gasteiger partial charge in [-0.05, 0) is 6.07 Å². The number of furan rings is 1. The second-order valence-electron chi connectivity index (χ2n) is 3.64. The largest absolute Gasteiger partial charge is 0.467 e. The lowest BCUT2D eigenvalue weighted by Gasteiger charge is -2.25. The molecule has 2 rings (SSSR count). The van der Waals surface area contributed by atoms with E-state index in [1.807, 2.05) is 5.43 Å². The summed E-state index contributed by atoms with van der Waals surface area (Å²) in [6, 6.07) is 1.56. The third-order valence-corrected chi connectivity index (χ3v) is 2.48. The minimum absolute atomic E-state index is 0.0857. The Hall–Kier alpha value is -1.86. The Labute approximate surface area is 97.5 Å². The number of morpholine rings is 1. The van der Waals surface area contributed by atoms with Crippen molar-refractivity contribution in [3.63, 3.8) is 0 Å². The summed E-state index contributed by atoms with van der Waals surface area (Å²) in [5.74, 6) is 5.03. The summed E-state index contributed by atoms with van der Waals surface area (Å²) in [5.41, 5.74) is 2.34. The fourth-order valence-electron chi connectivity index (χ4n) is 1.57. The number of rotatable bonds is 3. The van der Waals surface area contributed by atoms with Gasteiger partial charge >= 0.3 is 0 Å².